The van der Waals surface area contributed by atoms with E-state index in [1.165, 1.54) is 6.26 Å². The van der Waals surface area contributed by atoms with Crippen LogP contribution < -0.4 is 0 Å². The van der Waals surface area contributed by atoms with E-state index in [1.54, 1.807) is 36.4 Å². The van der Waals surface area contributed by atoms with E-state index >= 15 is 0 Å². The molecule has 2 aromatic rings. The standard InChI is InChI=1S/C25H32N4O3S/c1-27(2)15-16-29(25(30)21-9-6-7-20(17-21)18-26)23-11-13-28(14-12-23)19-22-8-4-5-10-24(22)33(3,31)32/h4-10,17,23H,11-16,19H2,1-3H3. The molecule has 3 rings (SSSR count). The average molecular weight is 469 g/mol. The number of likely N-dealkylation sites (tertiary alicyclic amines) is 1. The molecule has 0 saturated carbocycles. The van der Waals surface area contributed by atoms with Crippen LogP contribution in [-0.2, 0) is 16.4 Å². The van der Waals surface area contributed by atoms with E-state index in [2.05, 4.69) is 15.9 Å². The molecule has 0 aromatic heterocycles. The van der Waals surface area contributed by atoms with Crippen LogP contribution in [0.15, 0.2) is 53.4 Å². The van der Waals surface area contributed by atoms with Gasteiger partial charge in [0, 0.05) is 50.6 Å². The van der Waals surface area contributed by atoms with Gasteiger partial charge in [-0.25, -0.2) is 8.42 Å². The molecule has 0 bridgehead atoms. The quantitative estimate of drug-likeness (QED) is 0.592. The number of hydrogen-bond acceptors (Lipinski definition) is 6. The Kier molecular flexibility index (Phi) is 8.25. The molecule has 2 aromatic carbocycles. The third-order valence-corrected chi connectivity index (χ3v) is 7.25. The molecule has 33 heavy (non-hydrogen) atoms. The van der Waals surface area contributed by atoms with Gasteiger partial charge >= 0.3 is 0 Å². The smallest absolute Gasteiger partial charge is 0.254 e. The van der Waals surface area contributed by atoms with Crippen LogP contribution in [0.3, 0.4) is 0 Å². The SMILES string of the molecule is CN(C)CCN(C(=O)c1cccc(C#N)c1)C1CCN(Cc2ccccc2S(C)(=O)=O)CC1. The lowest BCUT2D eigenvalue weighted by Crippen LogP contribution is -2.49. The Labute approximate surface area is 197 Å². The van der Waals surface area contributed by atoms with E-state index in [0.29, 0.717) is 29.1 Å². The van der Waals surface area contributed by atoms with Gasteiger partial charge in [-0.2, -0.15) is 5.26 Å². The van der Waals surface area contributed by atoms with E-state index in [9.17, 15) is 18.5 Å². The number of nitriles is 1. The molecule has 8 heteroatoms. The number of benzene rings is 2. The Morgan fingerprint density at radius 3 is 2.42 bits per heavy atom. The molecule has 0 spiro atoms. The van der Waals surface area contributed by atoms with Crippen molar-refractivity contribution < 1.29 is 13.2 Å². The van der Waals surface area contributed by atoms with Crippen LogP contribution in [0.1, 0.15) is 34.3 Å². The third-order valence-electron chi connectivity index (χ3n) is 6.05. The molecule has 7 nitrogen and oxygen atoms in total. The van der Waals surface area contributed by atoms with E-state index in [0.717, 1.165) is 38.0 Å². The fourth-order valence-electron chi connectivity index (χ4n) is 4.27. The molecular formula is C25H32N4O3S. The number of rotatable bonds is 8. The predicted octanol–water partition coefficient (Wildman–Crippen LogP) is 2.63. The molecule has 0 atom stereocenters. The molecule has 0 N–H and O–H groups in total. The molecule has 1 saturated heterocycles. The van der Waals surface area contributed by atoms with E-state index in [4.69, 9.17) is 0 Å². The van der Waals surface area contributed by atoms with Gasteiger partial charge in [-0.15, -0.1) is 0 Å². The summed E-state index contributed by atoms with van der Waals surface area (Å²) in [6, 6.07) is 16.2. The summed E-state index contributed by atoms with van der Waals surface area (Å²) in [7, 11) is 0.695. The number of piperidine rings is 1. The lowest BCUT2D eigenvalue weighted by atomic mass is 10.0. The first-order valence-electron chi connectivity index (χ1n) is 11.1. The highest BCUT2D eigenvalue weighted by Gasteiger charge is 2.29. The fraction of sp³-hybridized carbons (Fsp3) is 0.440. The maximum atomic E-state index is 13.4. The van der Waals surface area contributed by atoms with Crippen molar-refractivity contribution >= 4 is 15.7 Å². The van der Waals surface area contributed by atoms with Gasteiger partial charge in [0.25, 0.3) is 5.91 Å². The van der Waals surface area contributed by atoms with Gasteiger partial charge in [0.2, 0.25) is 0 Å². The highest BCUT2D eigenvalue weighted by Crippen LogP contribution is 2.23. The number of carbonyl (C=O) groups is 1. The van der Waals surface area contributed by atoms with Crippen molar-refractivity contribution in [1.82, 2.24) is 14.7 Å². The Morgan fingerprint density at radius 1 is 1.09 bits per heavy atom. The van der Waals surface area contributed by atoms with E-state index in [1.807, 2.05) is 31.1 Å². The number of carbonyl (C=O) groups excluding carboxylic acids is 1. The lowest BCUT2D eigenvalue weighted by molar-refractivity contribution is 0.0547. The Balaban J connectivity index is 1.71. The van der Waals surface area contributed by atoms with Crippen LogP contribution >= 0.6 is 0 Å². The monoisotopic (exact) mass is 468 g/mol. The minimum absolute atomic E-state index is 0.0465. The first kappa shape index (κ1) is 24.9. The first-order valence-corrected chi connectivity index (χ1v) is 13.0. The summed E-state index contributed by atoms with van der Waals surface area (Å²) in [4.78, 5) is 20.0. The van der Waals surface area contributed by atoms with Gasteiger partial charge in [-0.3, -0.25) is 9.69 Å². The molecule has 1 aliphatic rings. The maximum Gasteiger partial charge on any atom is 0.254 e. The van der Waals surface area contributed by atoms with Gasteiger partial charge in [0.1, 0.15) is 0 Å². The van der Waals surface area contributed by atoms with Crippen molar-refractivity contribution in [2.24, 2.45) is 0 Å². The highest BCUT2D eigenvalue weighted by atomic mass is 32.2. The summed E-state index contributed by atoms with van der Waals surface area (Å²) in [6.45, 7) is 3.52. The molecule has 1 aliphatic heterocycles. The largest absolute Gasteiger partial charge is 0.334 e. The Morgan fingerprint density at radius 2 is 1.79 bits per heavy atom. The topological polar surface area (TPSA) is 84.7 Å². The van der Waals surface area contributed by atoms with Gasteiger partial charge < -0.3 is 9.80 Å². The van der Waals surface area contributed by atoms with Gasteiger partial charge in [-0.05, 0) is 56.8 Å². The fourth-order valence-corrected chi connectivity index (χ4v) is 5.21. The van der Waals surface area contributed by atoms with Crippen molar-refractivity contribution in [3.8, 4) is 6.07 Å². The molecule has 1 amide bonds. The molecule has 1 heterocycles. The second-order valence-electron chi connectivity index (χ2n) is 8.88. The van der Waals surface area contributed by atoms with Crippen LogP contribution in [0, 0.1) is 11.3 Å². The van der Waals surface area contributed by atoms with Gasteiger partial charge in [0.15, 0.2) is 9.84 Å². The molecule has 0 unspecified atom stereocenters. The summed E-state index contributed by atoms with van der Waals surface area (Å²) in [5, 5.41) is 9.20. The van der Waals surface area contributed by atoms with Gasteiger partial charge in [0.05, 0.1) is 16.5 Å². The number of nitrogens with zero attached hydrogens (tertiary/aromatic N) is 4. The molecular weight excluding hydrogens is 436 g/mol. The van der Waals surface area contributed by atoms with Crippen LogP contribution in [0.25, 0.3) is 0 Å². The second kappa shape index (κ2) is 10.9. The number of hydrogen-bond donors (Lipinski definition) is 0. The lowest BCUT2D eigenvalue weighted by Gasteiger charge is -2.39. The van der Waals surface area contributed by atoms with Gasteiger partial charge in [-0.1, -0.05) is 24.3 Å². The van der Waals surface area contributed by atoms with Crippen LogP contribution in [-0.4, -0.2) is 81.6 Å². The average Bonchev–Trinajstić information content (AvgIpc) is 2.79. The number of sulfone groups is 1. The normalized spacial score (nSPS) is 15.4. The van der Waals surface area contributed by atoms with Crippen LogP contribution in [0.2, 0.25) is 0 Å². The van der Waals surface area contributed by atoms with Crippen LogP contribution in [0.4, 0.5) is 0 Å². The molecule has 0 radical (unpaired) electrons. The Hall–Kier alpha value is -2.73. The Bertz CT molecular complexity index is 1120. The summed E-state index contributed by atoms with van der Waals surface area (Å²) >= 11 is 0. The third kappa shape index (κ3) is 6.64. The summed E-state index contributed by atoms with van der Waals surface area (Å²) in [5.74, 6) is -0.0465. The van der Waals surface area contributed by atoms with E-state index < -0.39 is 9.84 Å². The highest BCUT2D eigenvalue weighted by molar-refractivity contribution is 7.90. The maximum absolute atomic E-state index is 13.4. The zero-order valence-corrected chi connectivity index (χ0v) is 20.4. The molecule has 0 aliphatic carbocycles. The first-order chi connectivity index (χ1) is 15.7. The summed E-state index contributed by atoms with van der Waals surface area (Å²) in [6.07, 6.45) is 2.88. The summed E-state index contributed by atoms with van der Waals surface area (Å²) in [5.41, 5.74) is 1.83. The second-order valence-corrected chi connectivity index (χ2v) is 10.9. The number of amides is 1. The number of likely N-dealkylation sites (N-methyl/N-ethyl adjacent to an activating group) is 1. The van der Waals surface area contributed by atoms with Crippen LogP contribution in [0.5, 0.6) is 0 Å². The van der Waals surface area contributed by atoms with E-state index in [-0.39, 0.29) is 11.9 Å². The zero-order valence-electron chi connectivity index (χ0n) is 19.6. The molecule has 1 fully saturated rings. The van der Waals surface area contributed by atoms with Crippen molar-refractivity contribution in [1.29, 1.82) is 5.26 Å². The molecule has 176 valence electrons. The minimum atomic E-state index is -3.28. The van der Waals surface area contributed by atoms with Crippen molar-refractivity contribution in [2.45, 2.75) is 30.3 Å². The van der Waals surface area contributed by atoms with Crippen molar-refractivity contribution in [3.05, 3.63) is 65.2 Å². The minimum Gasteiger partial charge on any atom is -0.334 e. The summed E-state index contributed by atoms with van der Waals surface area (Å²) < 4.78 is 24.3. The van der Waals surface area contributed by atoms with Crippen molar-refractivity contribution in [3.63, 3.8) is 0 Å². The van der Waals surface area contributed by atoms with Crippen molar-refractivity contribution in [2.75, 3.05) is 46.5 Å². The predicted molar refractivity (Wildman–Crippen MR) is 129 cm³/mol. The zero-order chi connectivity index (χ0) is 24.0.